The van der Waals surface area contributed by atoms with E-state index in [1.165, 1.54) is 12.0 Å². The Morgan fingerprint density at radius 2 is 1.58 bits per heavy atom. The van der Waals surface area contributed by atoms with Gasteiger partial charge in [0.2, 0.25) is 11.8 Å². The van der Waals surface area contributed by atoms with Gasteiger partial charge < -0.3 is 19.2 Å². The number of oxazole rings is 1. The second kappa shape index (κ2) is 13.2. The Bertz CT molecular complexity index is 1820. The summed E-state index contributed by atoms with van der Waals surface area (Å²) in [5.41, 5.74) is 1.30. The molecule has 1 aromatic rings. The Hall–Kier alpha value is -2.64. The maximum Gasteiger partial charge on any atom is 0.309 e. The molecule has 316 valence electrons. The van der Waals surface area contributed by atoms with Crippen LogP contribution in [0.4, 0.5) is 0 Å². The van der Waals surface area contributed by atoms with E-state index in [9.17, 15) is 14.7 Å². The van der Waals surface area contributed by atoms with Crippen LogP contribution in [0, 0.1) is 73.9 Å². The number of hydrogen-bond donors (Lipinski definition) is 1. The lowest BCUT2D eigenvalue weighted by Crippen LogP contribution is -2.67. The van der Waals surface area contributed by atoms with Crippen molar-refractivity contribution in [1.29, 1.82) is 0 Å². The van der Waals surface area contributed by atoms with Crippen molar-refractivity contribution < 1.29 is 28.6 Å². The minimum absolute atomic E-state index is 0.0936. The third kappa shape index (κ3) is 5.68. The van der Waals surface area contributed by atoms with Gasteiger partial charge in [0.1, 0.15) is 18.4 Å². The van der Waals surface area contributed by atoms with Gasteiger partial charge in [-0.1, -0.05) is 81.4 Å². The number of fused-ring (bicyclic) bond motifs is 7. The number of carbonyl (C=O) groups is 3. The van der Waals surface area contributed by atoms with Gasteiger partial charge >= 0.3 is 11.9 Å². The number of aromatic nitrogens is 1. The van der Waals surface area contributed by atoms with Crippen molar-refractivity contribution in [3.8, 4) is 0 Å². The molecule has 8 nitrogen and oxygen atoms in total. The van der Waals surface area contributed by atoms with Crippen molar-refractivity contribution >= 4 is 17.8 Å². The maximum absolute atomic E-state index is 15.4. The molecular weight excluding hydrogens is 713 g/mol. The zero-order valence-corrected chi connectivity index (χ0v) is 37.3. The molecule has 57 heavy (non-hydrogen) atoms. The molecule has 8 heteroatoms. The molecule has 0 aromatic carbocycles. The summed E-state index contributed by atoms with van der Waals surface area (Å²) in [6.07, 6.45) is 14.4. The lowest BCUT2D eigenvalue weighted by Gasteiger charge is -2.73. The highest BCUT2D eigenvalue weighted by Crippen LogP contribution is 2.78. The number of esters is 1. The van der Waals surface area contributed by atoms with Crippen molar-refractivity contribution in [3.63, 3.8) is 0 Å². The molecule has 13 atom stereocenters. The summed E-state index contributed by atoms with van der Waals surface area (Å²) in [7, 11) is 0. The second-order valence-corrected chi connectivity index (χ2v) is 23.6. The largest absolute Gasteiger partial charge is 0.481 e. The number of carboxylic acids is 1. The van der Waals surface area contributed by atoms with Crippen molar-refractivity contribution in [2.24, 2.45) is 73.9 Å². The average molecular weight is 787 g/mol. The Balaban J connectivity index is 1.05. The predicted octanol–water partition coefficient (Wildman–Crippen LogP) is 11.0. The SMILES string of the molecule is C=C(C)[C@@H]1CC[C@]2(C(=O)N3CCC[C@H]3c3nc(C(C)(C)C)co3)CC[C@]3(C)[C@H](CC[C@H]4C3(C)CC[C@H]3C(C)(C)C(OC(=O)[C@H]5C[C@@H](C(=O)O)C5(C)C)CC[C@@]34C)[C@@H]12. The van der Waals surface area contributed by atoms with Crippen LogP contribution in [0.1, 0.15) is 177 Å². The first-order chi connectivity index (χ1) is 26.4. The molecule has 0 spiro atoms. The minimum atomic E-state index is -0.817. The zero-order chi connectivity index (χ0) is 41.5. The fourth-order valence-corrected chi connectivity index (χ4v) is 16.0. The van der Waals surface area contributed by atoms with E-state index in [0.29, 0.717) is 47.8 Å². The van der Waals surface area contributed by atoms with E-state index in [4.69, 9.17) is 14.1 Å². The van der Waals surface area contributed by atoms with Gasteiger partial charge in [0.05, 0.1) is 22.9 Å². The summed E-state index contributed by atoms with van der Waals surface area (Å²) < 4.78 is 12.6. The zero-order valence-electron chi connectivity index (χ0n) is 37.3. The third-order valence-electron chi connectivity index (χ3n) is 19.6. The smallest absolute Gasteiger partial charge is 0.309 e. The fourth-order valence-electron chi connectivity index (χ4n) is 16.0. The van der Waals surface area contributed by atoms with Crippen LogP contribution in [0.3, 0.4) is 0 Å². The first-order valence-electron chi connectivity index (χ1n) is 22.8. The molecule has 2 unspecified atom stereocenters. The van der Waals surface area contributed by atoms with Crippen LogP contribution in [0.2, 0.25) is 0 Å². The highest BCUT2D eigenvalue weighted by Gasteiger charge is 2.72. The predicted molar refractivity (Wildman–Crippen MR) is 221 cm³/mol. The Morgan fingerprint density at radius 3 is 2.21 bits per heavy atom. The quantitative estimate of drug-likeness (QED) is 0.226. The summed E-state index contributed by atoms with van der Waals surface area (Å²) in [6, 6.07) is -0.0936. The molecule has 6 aliphatic carbocycles. The summed E-state index contributed by atoms with van der Waals surface area (Å²) in [4.78, 5) is 48.1. The van der Waals surface area contributed by atoms with Crippen LogP contribution in [0.25, 0.3) is 0 Å². The summed E-state index contributed by atoms with van der Waals surface area (Å²) in [5, 5.41) is 9.69. The highest BCUT2D eigenvalue weighted by molar-refractivity contribution is 5.85. The lowest BCUT2D eigenvalue weighted by atomic mass is 9.32. The standard InChI is InChI=1S/C49H74N2O6/c1-28(2)29-17-22-49(42(55)51-25-13-14-33(51)39-50-36(27-56-39)43(3,4)5)24-23-47(11)30(38(29)49)15-16-35-46(10)20-19-37(45(8,9)34(46)18-21-48(35,47)12)57-41(54)32-26-31(40(52)53)44(32,6)7/h27,29-35,37-38H,1,13-26H2,2-12H3,(H,52,53)/t29-,30+,31-,32+,33-,34-,35+,37?,38+,46-,47+,48?,49-/m0/s1. The topological polar surface area (TPSA) is 110 Å². The number of carboxylic acid groups (broad SMARTS) is 1. The number of rotatable bonds is 6. The molecule has 1 aromatic heterocycles. The molecule has 0 bridgehead atoms. The number of amides is 1. The highest BCUT2D eigenvalue weighted by atomic mass is 16.5. The number of likely N-dealkylation sites (tertiary alicyclic amines) is 1. The average Bonchev–Trinajstić information content (AvgIpc) is 3.88. The summed E-state index contributed by atoms with van der Waals surface area (Å²) >= 11 is 0. The summed E-state index contributed by atoms with van der Waals surface area (Å²) in [6.45, 7) is 30.4. The number of carbonyl (C=O) groups excluding carboxylic acids is 2. The van der Waals surface area contributed by atoms with E-state index in [0.717, 1.165) is 82.9 Å². The molecule has 6 saturated carbocycles. The van der Waals surface area contributed by atoms with Crippen LogP contribution >= 0.6 is 0 Å². The van der Waals surface area contributed by atoms with Gasteiger partial charge in [-0.05, 0) is 142 Å². The van der Waals surface area contributed by atoms with E-state index in [1.54, 1.807) is 6.26 Å². The Kier molecular flexibility index (Phi) is 9.50. The third-order valence-corrected chi connectivity index (χ3v) is 19.6. The number of aliphatic carboxylic acids is 1. The monoisotopic (exact) mass is 787 g/mol. The molecule has 8 rings (SSSR count). The van der Waals surface area contributed by atoms with Gasteiger partial charge in [0, 0.05) is 17.4 Å². The minimum Gasteiger partial charge on any atom is -0.481 e. The molecule has 1 N–H and O–H groups in total. The first-order valence-corrected chi connectivity index (χ1v) is 22.8. The van der Waals surface area contributed by atoms with Crippen molar-refractivity contribution in [2.45, 2.75) is 177 Å². The van der Waals surface area contributed by atoms with Crippen LogP contribution in [-0.2, 0) is 24.5 Å². The molecular formula is C49H74N2O6. The van der Waals surface area contributed by atoms with Gasteiger partial charge in [-0.3, -0.25) is 14.4 Å². The van der Waals surface area contributed by atoms with Gasteiger partial charge in [0.15, 0.2) is 0 Å². The van der Waals surface area contributed by atoms with Crippen LogP contribution in [0.5, 0.6) is 0 Å². The van der Waals surface area contributed by atoms with Crippen LogP contribution < -0.4 is 0 Å². The molecule has 7 aliphatic rings. The Morgan fingerprint density at radius 1 is 0.860 bits per heavy atom. The number of ether oxygens (including phenoxy) is 1. The molecule has 1 aliphatic heterocycles. The molecule has 2 heterocycles. The first kappa shape index (κ1) is 41.1. The summed E-state index contributed by atoms with van der Waals surface area (Å²) in [5.74, 6) is 1.28. The van der Waals surface area contributed by atoms with Gasteiger partial charge in [-0.15, -0.1) is 0 Å². The number of allylic oxidation sites excluding steroid dienone is 1. The van der Waals surface area contributed by atoms with Crippen LogP contribution in [0.15, 0.2) is 22.8 Å². The molecule has 1 amide bonds. The van der Waals surface area contributed by atoms with E-state index in [1.807, 2.05) is 13.8 Å². The van der Waals surface area contributed by atoms with E-state index in [-0.39, 0.29) is 56.5 Å². The Labute approximate surface area is 343 Å². The van der Waals surface area contributed by atoms with Gasteiger partial charge in [-0.2, -0.15) is 0 Å². The number of nitrogens with zero attached hydrogens (tertiary/aromatic N) is 2. The van der Waals surface area contributed by atoms with E-state index < -0.39 is 17.3 Å². The molecule has 0 radical (unpaired) electrons. The van der Waals surface area contributed by atoms with Crippen molar-refractivity contribution in [2.75, 3.05) is 6.54 Å². The number of hydrogen-bond acceptors (Lipinski definition) is 6. The second-order valence-electron chi connectivity index (χ2n) is 23.6. The fraction of sp³-hybridized carbons (Fsp3) is 0.837. The maximum atomic E-state index is 15.4. The molecule has 7 fully saturated rings. The van der Waals surface area contributed by atoms with E-state index in [2.05, 4.69) is 73.8 Å². The van der Waals surface area contributed by atoms with Gasteiger partial charge in [-0.25, -0.2) is 4.98 Å². The van der Waals surface area contributed by atoms with Crippen molar-refractivity contribution in [1.82, 2.24) is 9.88 Å². The normalized spacial score (nSPS) is 44.5. The van der Waals surface area contributed by atoms with E-state index >= 15 is 4.79 Å². The van der Waals surface area contributed by atoms with Crippen molar-refractivity contribution in [3.05, 3.63) is 30.0 Å². The lowest BCUT2D eigenvalue weighted by molar-refractivity contribution is -0.251. The van der Waals surface area contributed by atoms with Crippen LogP contribution in [-0.4, -0.2) is 45.5 Å². The van der Waals surface area contributed by atoms with Gasteiger partial charge in [0.25, 0.3) is 0 Å². The molecule has 1 saturated heterocycles.